The van der Waals surface area contributed by atoms with Crippen molar-refractivity contribution in [1.29, 1.82) is 0 Å². The van der Waals surface area contributed by atoms with Crippen molar-refractivity contribution in [3.05, 3.63) is 23.9 Å². The average Bonchev–Trinajstić information content (AvgIpc) is 2.80. The SMILES string of the molecule is COC(=O)C1=CC=CN(C2CC(CO)C(O)C2O)C1.CS(=O)(=O)O. The molecule has 1 aliphatic heterocycles. The number of esters is 1. The van der Waals surface area contributed by atoms with E-state index in [1.165, 1.54) is 7.11 Å². The molecule has 4 unspecified atom stereocenters. The van der Waals surface area contributed by atoms with Gasteiger partial charge in [-0.2, -0.15) is 8.42 Å². The number of ether oxygens (including phenoxy) is 1. The molecule has 138 valence electrons. The Kier molecular flexibility index (Phi) is 7.36. The van der Waals surface area contributed by atoms with Gasteiger partial charge in [-0.15, -0.1) is 0 Å². The number of carbonyl (C=O) groups excluding carboxylic acids is 1. The molecule has 4 N–H and O–H groups in total. The van der Waals surface area contributed by atoms with E-state index in [2.05, 4.69) is 4.74 Å². The second kappa shape index (κ2) is 8.58. The smallest absolute Gasteiger partial charge is 0.335 e. The summed E-state index contributed by atoms with van der Waals surface area (Å²) in [6.45, 7) is 0.168. The summed E-state index contributed by atoms with van der Waals surface area (Å²) in [5.41, 5.74) is 0.499. The van der Waals surface area contributed by atoms with Crippen LogP contribution in [-0.4, -0.2) is 83.9 Å². The topological polar surface area (TPSA) is 145 Å². The van der Waals surface area contributed by atoms with Crippen LogP contribution in [-0.2, 0) is 19.6 Å². The van der Waals surface area contributed by atoms with Gasteiger partial charge in [0.1, 0.15) is 6.10 Å². The molecule has 1 saturated carbocycles. The summed E-state index contributed by atoms with van der Waals surface area (Å²) in [7, 11) is -2.35. The molecule has 1 heterocycles. The summed E-state index contributed by atoms with van der Waals surface area (Å²) in [5, 5.41) is 29.0. The largest absolute Gasteiger partial charge is 0.466 e. The third kappa shape index (κ3) is 5.87. The molecule has 2 aliphatic rings. The van der Waals surface area contributed by atoms with Gasteiger partial charge in [0.05, 0.1) is 31.1 Å². The highest BCUT2D eigenvalue weighted by molar-refractivity contribution is 7.85. The monoisotopic (exact) mass is 365 g/mol. The van der Waals surface area contributed by atoms with Crippen LogP contribution < -0.4 is 0 Å². The van der Waals surface area contributed by atoms with Gasteiger partial charge < -0.3 is 25.0 Å². The zero-order valence-electron chi connectivity index (χ0n) is 13.4. The molecule has 0 spiro atoms. The van der Waals surface area contributed by atoms with Gasteiger partial charge in [0.25, 0.3) is 10.1 Å². The van der Waals surface area contributed by atoms with Gasteiger partial charge >= 0.3 is 5.97 Å². The minimum atomic E-state index is -3.67. The zero-order chi connectivity index (χ0) is 18.5. The standard InChI is InChI=1S/C13H19NO5.CH4O3S/c1-19-13(18)8-3-2-4-14(6-8)10-5-9(7-15)11(16)12(10)17;1-5(2,3)4/h2-4,9-12,15-17H,5-7H2,1H3;1H3,(H,2,3,4). The fourth-order valence-electron chi connectivity index (χ4n) is 2.67. The number of nitrogens with zero attached hydrogens (tertiary/aromatic N) is 1. The third-order valence-corrected chi connectivity index (χ3v) is 3.81. The summed E-state index contributed by atoms with van der Waals surface area (Å²) in [6.07, 6.45) is 4.48. The Morgan fingerprint density at radius 3 is 2.42 bits per heavy atom. The first-order valence-corrected chi connectivity index (χ1v) is 9.04. The molecule has 1 aliphatic carbocycles. The summed E-state index contributed by atoms with van der Waals surface area (Å²) in [4.78, 5) is 13.3. The van der Waals surface area contributed by atoms with Gasteiger partial charge in [0.2, 0.25) is 0 Å². The summed E-state index contributed by atoms with van der Waals surface area (Å²) < 4.78 is 30.5. The van der Waals surface area contributed by atoms with Crippen LogP contribution in [0.25, 0.3) is 0 Å². The average molecular weight is 365 g/mol. The van der Waals surface area contributed by atoms with Gasteiger partial charge in [-0.05, 0) is 24.8 Å². The maximum Gasteiger partial charge on any atom is 0.335 e. The van der Waals surface area contributed by atoms with Crippen LogP contribution in [0.15, 0.2) is 23.9 Å². The Balaban J connectivity index is 0.000000505. The van der Waals surface area contributed by atoms with Gasteiger partial charge in [0, 0.05) is 19.1 Å². The van der Waals surface area contributed by atoms with E-state index in [0.29, 0.717) is 24.8 Å². The molecular formula is C14H23NO8S. The number of hydrogen-bond donors (Lipinski definition) is 4. The number of hydrogen-bond acceptors (Lipinski definition) is 8. The molecule has 2 rings (SSSR count). The van der Waals surface area contributed by atoms with Crippen molar-refractivity contribution >= 4 is 16.1 Å². The number of aliphatic hydroxyl groups excluding tert-OH is 3. The maximum atomic E-state index is 11.5. The van der Waals surface area contributed by atoms with E-state index < -0.39 is 28.3 Å². The van der Waals surface area contributed by atoms with Gasteiger partial charge in [-0.3, -0.25) is 4.55 Å². The fourth-order valence-corrected chi connectivity index (χ4v) is 2.67. The Bertz CT molecular complexity index is 592. The molecule has 0 aromatic carbocycles. The predicted octanol–water partition coefficient (Wildman–Crippen LogP) is -1.48. The minimum absolute atomic E-state index is 0.161. The number of carbonyl (C=O) groups is 1. The van der Waals surface area contributed by atoms with Crippen molar-refractivity contribution in [3.8, 4) is 0 Å². The van der Waals surface area contributed by atoms with Crippen LogP contribution in [0.2, 0.25) is 0 Å². The fraction of sp³-hybridized carbons (Fsp3) is 0.643. The maximum absolute atomic E-state index is 11.5. The van der Waals surface area contributed by atoms with Crippen LogP contribution in [0.5, 0.6) is 0 Å². The minimum Gasteiger partial charge on any atom is -0.466 e. The van der Waals surface area contributed by atoms with E-state index in [1.54, 1.807) is 23.3 Å². The van der Waals surface area contributed by atoms with E-state index in [-0.39, 0.29) is 18.6 Å². The van der Waals surface area contributed by atoms with Crippen molar-refractivity contribution < 1.29 is 37.8 Å². The number of aliphatic hydroxyl groups is 3. The molecular weight excluding hydrogens is 342 g/mol. The van der Waals surface area contributed by atoms with E-state index in [9.17, 15) is 23.4 Å². The van der Waals surface area contributed by atoms with Crippen molar-refractivity contribution in [2.75, 3.05) is 26.5 Å². The van der Waals surface area contributed by atoms with E-state index in [0.717, 1.165) is 0 Å². The molecule has 10 heteroatoms. The second-order valence-electron chi connectivity index (χ2n) is 5.66. The predicted molar refractivity (Wildman–Crippen MR) is 84.4 cm³/mol. The lowest BCUT2D eigenvalue weighted by Crippen LogP contribution is -2.42. The van der Waals surface area contributed by atoms with Crippen LogP contribution in [0, 0.1) is 5.92 Å². The van der Waals surface area contributed by atoms with E-state index >= 15 is 0 Å². The summed E-state index contributed by atoms with van der Waals surface area (Å²) in [6, 6.07) is -0.309. The number of allylic oxidation sites excluding steroid dienone is 2. The van der Waals surface area contributed by atoms with Crippen molar-refractivity contribution in [2.45, 2.75) is 24.7 Å². The van der Waals surface area contributed by atoms with Crippen LogP contribution >= 0.6 is 0 Å². The molecule has 0 saturated heterocycles. The summed E-state index contributed by atoms with van der Waals surface area (Å²) in [5.74, 6) is -0.734. The Labute approximate surface area is 140 Å². The van der Waals surface area contributed by atoms with Gasteiger partial charge in [-0.1, -0.05) is 0 Å². The summed E-state index contributed by atoms with van der Waals surface area (Å²) >= 11 is 0. The van der Waals surface area contributed by atoms with Crippen molar-refractivity contribution in [2.24, 2.45) is 5.92 Å². The molecule has 0 aromatic rings. The molecule has 0 radical (unpaired) electrons. The lowest BCUT2D eigenvalue weighted by Gasteiger charge is -2.32. The number of rotatable bonds is 3. The molecule has 0 bridgehead atoms. The highest BCUT2D eigenvalue weighted by Crippen LogP contribution is 2.31. The molecule has 0 amide bonds. The van der Waals surface area contributed by atoms with E-state index in [1.807, 2.05) is 0 Å². The molecule has 24 heavy (non-hydrogen) atoms. The lowest BCUT2D eigenvalue weighted by molar-refractivity contribution is -0.136. The van der Waals surface area contributed by atoms with Crippen LogP contribution in [0.4, 0.5) is 0 Å². The number of methoxy groups -OCH3 is 1. The Morgan fingerprint density at radius 2 is 1.96 bits per heavy atom. The van der Waals surface area contributed by atoms with Gasteiger partial charge in [-0.25, -0.2) is 4.79 Å². The van der Waals surface area contributed by atoms with E-state index in [4.69, 9.17) is 9.66 Å². The Morgan fingerprint density at radius 1 is 1.38 bits per heavy atom. The molecule has 0 aromatic heterocycles. The first-order chi connectivity index (χ1) is 11.1. The molecule has 9 nitrogen and oxygen atoms in total. The van der Waals surface area contributed by atoms with Crippen molar-refractivity contribution in [1.82, 2.24) is 4.90 Å². The first kappa shape index (κ1) is 20.6. The Hall–Kier alpha value is -1.46. The zero-order valence-corrected chi connectivity index (χ0v) is 14.3. The highest BCUT2D eigenvalue weighted by Gasteiger charge is 2.43. The van der Waals surface area contributed by atoms with Crippen molar-refractivity contribution in [3.63, 3.8) is 0 Å². The molecule has 4 atom stereocenters. The van der Waals surface area contributed by atoms with Crippen LogP contribution in [0.1, 0.15) is 6.42 Å². The van der Waals surface area contributed by atoms with Gasteiger partial charge in [0.15, 0.2) is 0 Å². The highest BCUT2D eigenvalue weighted by atomic mass is 32.2. The van der Waals surface area contributed by atoms with Crippen LogP contribution in [0.3, 0.4) is 0 Å². The molecule has 1 fully saturated rings. The normalized spacial score (nSPS) is 29.6. The quantitative estimate of drug-likeness (QED) is 0.347. The third-order valence-electron chi connectivity index (χ3n) is 3.81. The second-order valence-corrected chi connectivity index (χ2v) is 7.12. The lowest BCUT2D eigenvalue weighted by atomic mass is 10.1. The first-order valence-electron chi connectivity index (χ1n) is 7.19.